The van der Waals surface area contributed by atoms with Crippen molar-refractivity contribution in [3.63, 3.8) is 0 Å². The van der Waals surface area contributed by atoms with Crippen molar-refractivity contribution in [2.45, 2.75) is 4.90 Å². The molecule has 3 rings (SSSR count). The van der Waals surface area contributed by atoms with Gasteiger partial charge < -0.3 is 10.5 Å². The lowest BCUT2D eigenvalue weighted by molar-refractivity contribution is -0.384. The molecular weight excluding hydrogens is 460 g/mol. The lowest BCUT2D eigenvalue weighted by Gasteiger charge is -2.11. The number of nitro benzene ring substituents is 1. The maximum Gasteiger partial charge on any atom is 0.273 e. The quantitative estimate of drug-likeness (QED) is 0.273. The van der Waals surface area contributed by atoms with Crippen LogP contribution in [0.15, 0.2) is 77.7 Å². The van der Waals surface area contributed by atoms with Crippen LogP contribution < -0.4 is 20.3 Å². The van der Waals surface area contributed by atoms with E-state index >= 15 is 0 Å². The summed E-state index contributed by atoms with van der Waals surface area (Å²) >= 11 is 0. The van der Waals surface area contributed by atoms with Crippen LogP contribution in [0.25, 0.3) is 0 Å². The van der Waals surface area contributed by atoms with Crippen molar-refractivity contribution in [2.24, 2.45) is 5.14 Å². The smallest absolute Gasteiger partial charge is 0.273 e. The van der Waals surface area contributed by atoms with Crippen molar-refractivity contribution in [3.8, 4) is 11.5 Å². The van der Waals surface area contributed by atoms with E-state index in [1.54, 1.807) is 30.3 Å². The molecule has 32 heavy (non-hydrogen) atoms. The fraction of sp³-hybridized carbons (Fsp3) is 0.0526. The van der Waals surface area contributed by atoms with Crippen molar-refractivity contribution in [1.82, 2.24) is 0 Å². The Morgan fingerprint density at radius 3 is 2.03 bits per heavy atom. The van der Waals surface area contributed by atoms with E-state index in [0.717, 1.165) is 6.26 Å². The predicted octanol–water partition coefficient (Wildman–Crippen LogP) is 2.67. The third kappa shape index (κ3) is 7.86. The van der Waals surface area contributed by atoms with Crippen LogP contribution >= 0.6 is 0 Å². The fourth-order valence-electron chi connectivity index (χ4n) is 2.27. The summed E-state index contributed by atoms with van der Waals surface area (Å²) < 4.78 is 51.8. The van der Waals surface area contributed by atoms with E-state index in [1.807, 2.05) is 0 Å². The highest BCUT2D eigenvalue weighted by Gasteiger charge is 2.15. The molecule has 3 aromatic rings. The molecule has 0 spiro atoms. The summed E-state index contributed by atoms with van der Waals surface area (Å²) in [6, 6.07) is 17.9. The summed E-state index contributed by atoms with van der Waals surface area (Å²) in [6.45, 7) is 0. The molecule has 170 valence electrons. The lowest BCUT2D eigenvalue weighted by atomic mass is 10.2. The van der Waals surface area contributed by atoms with Crippen LogP contribution in [0.1, 0.15) is 0 Å². The SMILES string of the molecule is CS(=O)(=O)Nc1ccc([N+](=O)[O-])cc1Oc1ccccc1.Nc1ccc(S(N)(=O)=O)cc1. The molecule has 0 amide bonds. The number of primary sulfonamides is 1. The average Bonchev–Trinajstić information content (AvgIpc) is 2.69. The van der Waals surface area contributed by atoms with E-state index < -0.39 is 25.0 Å². The number of rotatable bonds is 6. The van der Waals surface area contributed by atoms with Crippen LogP contribution in [-0.4, -0.2) is 28.0 Å². The monoisotopic (exact) mass is 480 g/mol. The molecule has 11 nitrogen and oxygen atoms in total. The number of nitrogens with one attached hydrogen (secondary N) is 1. The number of nitrogens with zero attached hydrogens (tertiary/aromatic N) is 1. The second kappa shape index (κ2) is 10.1. The van der Waals surface area contributed by atoms with Crippen LogP contribution in [0.5, 0.6) is 11.5 Å². The molecule has 0 saturated carbocycles. The first kappa shape index (κ1) is 24.6. The summed E-state index contributed by atoms with van der Waals surface area (Å²) in [5.74, 6) is 0.496. The molecule has 0 atom stereocenters. The molecule has 0 bridgehead atoms. The van der Waals surface area contributed by atoms with E-state index in [2.05, 4.69) is 4.72 Å². The summed E-state index contributed by atoms with van der Waals surface area (Å²) in [5, 5.41) is 15.7. The van der Waals surface area contributed by atoms with Gasteiger partial charge in [-0.1, -0.05) is 18.2 Å². The molecule has 0 aliphatic rings. The molecule has 0 heterocycles. The normalized spacial score (nSPS) is 11.1. The second-order valence-electron chi connectivity index (χ2n) is 6.34. The first-order valence-electron chi connectivity index (χ1n) is 8.72. The Bertz CT molecular complexity index is 1300. The first-order valence-corrected chi connectivity index (χ1v) is 12.2. The number of hydrogen-bond donors (Lipinski definition) is 3. The van der Waals surface area contributed by atoms with Crippen molar-refractivity contribution in [3.05, 3.63) is 82.9 Å². The van der Waals surface area contributed by atoms with Gasteiger partial charge in [0.05, 0.1) is 27.8 Å². The largest absolute Gasteiger partial charge is 0.455 e. The van der Waals surface area contributed by atoms with Gasteiger partial charge in [-0.25, -0.2) is 22.0 Å². The maximum atomic E-state index is 11.3. The zero-order valence-corrected chi connectivity index (χ0v) is 18.3. The Kier molecular flexibility index (Phi) is 7.75. The van der Waals surface area contributed by atoms with Crippen LogP contribution in [0.2, 0.25) is 0 Å². The molecule has 0 unspecified atom stereocenters. The van der Waals surface area contributed by atoms with Gasteiger partial charge in [-0.3, -0.25) is 14.8 Å². The van der Waals surface area contributed by atoms with Gasteiger partial charge in [-0.15, -0.1) is 0 Å². The van der Waals surface area contributed by atoms with Crippen molar-refractivity contribution in [1.29, 1.82) is 0 Å². The molecule has 0 aliphatic heterocycles. The number of anilines is 2. The number of nitrogens with two attached hydrogens (primary N) is 2. The number of non-ortho nitro benzene ring substituents is 1. The Labute approximate surface area is 184 Å². The number of sulfonamides is 2. The topological polar surface area (TPSA) is 185 Å². The minimum atomic E-state index is -3.58. The zero-order valence-electron chi connectivity index (χ0n) is 16.7. The third-order valence-electron chi connectivity index (χ3n) is 3.65. The van der Waals surface area contributed by atoms with Gasteiger partial charge in [0, 0.05) is 11.8 Å². The van der Waals surface area contributed by atoms with Gasteiger partial charge >= 0.3 is 0 Å². The van der Waals surface area contributed by atoms with Crippen molar-refractivity contribution >= 4 is 37.1 Å². The third-order valence-corrected chi connectivity index (χ3v) is 5.17. The van der Waals surface area contributed by atoms with Gasteiger partial charge in [0.2, 0.25) is 20.0 Å². The van der Waals surface area contributed by atoms with Crippen LogP contribution in [0.4, 0.5) is 17.1 Å². The van der Waals surface area contributed by atoms with Crippen LogP contribution in [0.3, 0.4) is 0 Å². The van der Waals surface area contributed by atoms with Crippen molar-refractivity contribution in [2.75, 3.05) is 16.7 Å². The van der Waals surface area contributed by atoms with Gasteiger partial charge in [-0.2, -0.15) is 0 Å². The zero-order chi connectivity index (χ0) is 23.9. The molecule has 0 fully saturated rings. The Balaban J connectivity index is 0.000000278. The van der Waals surface area contributed by atoms with E-state index in [-0.39, 0.29) is 22.0 Å². The number of hydrogen-bond acceptors (Lipinski definition) is 8. The number of benzene rings is 3. The second-order valence-corrected chi connectivity index (χ2v) is 9.65. The molecule has 5 N–H and O–H groups in total. The highest BCUT2D eigenvalue weighted by molar-refractivity contribution is 7.92. The first-order chi connectivity index (χ1) is 14.8. The van der Waals surface area contributed by atoms with E-state index in [1.165, 1.54) is 42.5 Å². The van der Waals surface area contributed by atoms with Gasteiger partial charge in [0.25, 0.3) is 5.69 Å². The Morgan fingerprint density at radius 1 is 0.938 bits per heavy atom. The van der Waals surface area contributed by atoms with E-state index in [0.29, 0.717) is 11.4 Å². The van der Waals surface area contributed by atoms with Crippen LogP contribution in [-0.2, 0) is 20.0 Å². The van der Waals surface area contributed by atoms with Crippen LogP contribution in [0, 0.1) is 10.1 Å². The molecule has 0 aliphatic carbocycles. The summed E-state index contributed by atoms with van der Waals surface area (Å²) in [6.07, 6.45) is 0.987. The lowest BCUT2D eigenvalue weighted by Crippen LogP contribution is -2.11. The summed E-state index contributed by atoms with van der Waals surface area (Å²) in [5.41, 5.74) is 5.78. The average molecular weight is 481 g/mol. The fourth-order valence-corrected chi connectivity index (χ4v) is 3.35. The summed E-state index contributed by atoms with van der Waals surface area (Å²) in [4.78, 5) is 10.3. The highest BCUT2D eigenvalue weighted by Crippen LogP contribution is 2.33. The molecular formula is C19H20N4O7S2. The number of nitro groups is 1. The predicted molar refractivity (Wildman–Crippen MR) is 120 cm³/mol. The number of ether oxygens (including phenoxy) is 1. The minimum Gasteiger partial charge on any atom is -0.455 e. The molecule has 0 radical (unpaired) electrons. The minimum absolute atomic E-state index is 0.0563. The summed E-state index contributed by atoms with van der Waals surface area (Å²) in [7, 11) is -7.10. The molecule has 13 heteroatoms. The van der Waals surface area contributed by atoms with Crippen molar-refractivity contribution < 1.29 is 26.5 Å². The van der Waals surface area contributed by atoms with Gasteiger partial charge in [0.15, 0.2) is 5.75 Å². The molecule has 3 aromatic carbocycles. The maximum absolute atomic E-state index is 11.3. The molecule has 0 aromatic heterocycles. The molecule has 0 saturated heterocycles. The Morgan fingerprint density at radius 2 is 1.53 bits per heavy atom. The highest BCUT2D eigenvalue weighted by atomic mass is 32.2. The Hall–Kier alpha value is -3.68. The van der Waals surface area contributed by atoms with E-state index in [9.17, 15) is 26.9 Å². The van der Waals surface area contributed by atoms with Gasteiger partial charge in [-0.05, 0) is 42.5 Å². The number of para-hydroxylation sites is 1. The van der Waals surface area contributed by atoms with Gasteiger partial charge in [0.1, 0.15) is 5.75 Å². The number of nitrogen functional groups attached to an aromatic ring is 1. The standard InChI is InChI=1S/C13H12N2O5S.C6H8N2O2S/c1-21(18,19)14-12-8-7-10(15(16)17)9-13(12)20-11-5-3-2-4-6-11;7-5-1-3-6(4-2-5)11(8,9)10/h2-9,14H,1H3;1-4H,7H2,(H2,8,9,10). The van der Waals surface area contributed by atoms with E-state index in [4.69, 9.17) is 15.6 Å².